The molecule has 2 heterocycles. The predicted molar refractivity (Wildman–Crippen MR) is 131 cm³/mol. The van der Waals surface area contributed by atoms with Gasteiger partial charge in [-0.3, -0.25) is 4.79 Å². The van der Waals surface area contributed by atoms with Crippen molar-refractivity contribution in [3.8, 4) is 5.75 Å². The first-order chi connectivity index (χ1) is 14.8. The topological polar surface area (TPSA) is 39.2 Å². The van der Waals surface area contributed by atoms with E-state index in [1.54, 1.807) is 7.11 Å². The fraction of sp³-hybridized carbons (Fsp3) is 0.615. The van der Waals surface area contributed by atoms with Crippen molar-refractivity contribution in [3.63, 3.8) is 0 Å². The van der Waals surface area contributed by atoms with E-state index in [0.29, 0.717) is 17.0 Å². The van der Waals surface area contributed by atoms with Gasteiger partial charge in [-0.15, -0.1) is 0 Å². The Hall–Kier alpha value is -1.07. The molecule has 0 spiro atoms. The van der Waals surface area contributed by atoms with Gasteiger partial charge >= 0.3 is 0 Å². The second kappa shape index (κ2) is 6.96. The third-order valence-electron chi connectivity index (χ3n) is 9.47. The maximum absolute atomic E-state index is 13.6. The summed E-state index contributed by atoms with van der Waals surface area (Å²) in [5, 5.41) is 2.57. The van der Waals surface area contributed by atoms with Gasteiger partial charge in [0, 0.05) is 29.7 Å². The molecule has 1 aliphatic heterocycles. The molecule has 0 amide bonds. The number of fused-ring (bicyclic) bond motifs is 5. The highest BCUT2D eigenvalue weighted by molar-refractivity contribution is 9.10. The molecule has 1 aromatic heterocycles. The van der Waals surface area contributed by atoms with E-state index < -0.39 is 0 Å². The van der Waals surface area contributed by atoms with Gasteiger partial charge in [0.2, 0.25) is 0 Å². The SMILES string of the molecule is COc1ccc2nc(Br)cc(C[S+]3[C@H]4CC[C@H](C4)[C@H]3[C@]34CC[C@H](CC3=O)C4(C)C)c2c1. The molecule has 4 fully saturated rings. The van der Waals surface area contributed by atoms with Crippen molar-refractivity contribution < 1.29 is 9.53 Å². The van der Waals surface area contributed by atoms with Crippen LogP contribution < -0.4 is 4.74 Å². The highest BCUT2D eigenvalue weighted by Crippen LogP contribution is 2.70. The number of pyridine rings is 1. The molecule has 2 aromatic rings. The molecule has 4 bridgehead atoms. The van der Waals surface area contributed by atoms with E-state index >= 15 is 0 Å². The van der Waals surface area contributed by atoms with Crippen LogP contribution in [0.5, 0.6) is 5.75 Å². The van der Waals surface area contributed by atoms with Gasteiger partial charge in [-0.25, -0.2) is 4.98 Å². The van der Waals surface area contributed by atoms with E-state index in [2.05, 4.69) is 48.0 Å². The number of rotatable bonds is 4. The summed E-state index contributed by atoms with van der Waals surface area (Å²) in [7, 11) is 1.97. The van der Waals surface area contributed by atoms with Crippen LogP contribution in [-0.4, -0.2) is 28.4 Å². The number of carbonyl (C=O) groups is 1. The highest BCUT2D eigenvalue weighted by atomic mass is 79.9. The van der Waals surface area contributed by atoms with E-state index in [4.69, 9.17) is 9.72 Å². The van der Waals surface area contributed by atoms with Crippen molar-refractivity contribution in [2.75, 3.05) is 7.11 Å². The molecular formula is C26H31BrNO2S+. The fourth-order valence-electron chi connectivity index (χ4n) is 7.89. The van der Waals surface area contributed by atoms with Crippen molar-refractivity contribution in [2.45, 2.75) is 68.6 Å². The van der Waals surface area contributed by atoms with Crippen LogP contribution in [0.4, 0.5) is 0 Å². The number of benzene rings is 1. The number of Topliss-reactive ketones (excluding diaryl/α,β-unsaturated/α-hetero) is 1. The lowest BCUT2D eigenvalue weighted by atomic mass is 9.64. The maximum Gasteiger partial charge on any atom is 0.144 e. The third-order valence-corrected chi connectivity index (χ3v) is 13.2. The lowest BCUT2D eigenvalue weighted by Crippen LogP contribution is -2.53. The normalized spacial score (nSPS) is 37.8. The van der Waals surface area contributed by atoms with E-state index in [0.717, 1.165) is 45.6 Å². The minimum absolute atomic E-state index is 0.0711. The summed E-state index contributed by atoms with van der Waals surface area (Å²) in [6.45, 7) is 4.85. The number of carbonyl (C=O) groups excluding carboxylic acids is 1. The lowest BCUT2D eigenvalue weighted by Gasteiger charge is -2.43. The van der Waals surface area contributed by atoms with Gasteiger partial charge in [0.25, 0.3) is 0 Å². The first-order valence-electron chi connectivity index (χ1n) is 11.7. The van der Waals surface area contributed by atoms with E-state index in [9.17, 15) is 4.79 Å². The molecule has 3 aliphatic carbocycles. The number of ether oxygens (including phenoxy) is 1. The number of halogens is 1. The Morgan fingerprint density at radius 1 is 1.23 bits per heavy atom. The zero-order valence-electron chi connectivity index (χ0n) is 18.6. The zero-order chi connectivity index (χ0) is 21.5. The van der Waals surface area contributed by atoms with Crippen LogP contribution >= 0.6 is 15.9 Å². The van der Waals surface area contributed by atoms with E-state index in [1.165, 1.54) is 36.6 Å². The summed E-state index contributed by atoms with van der Waals surface area (Å²) in [4.78, 5) is 18.3. The molecule has 1 saturated heterocycles. The average Bonchev–Trinajstić information content (AvgIpc) is 3.45. The highest BCUT2D eigenvalue weighted by Gasteiger charge is 2.75. The first kappa shape index (κ1) is 20.5. The fourth-order valence-corrected chi connectivity index (χ4v) is 12.5. The van der Waals surface area contributed by atoms with Gasteiger partial charge in [0.1, 0.15) is 32.4 Å². The predicted octanol–water partition coefficient (Wildman–Crippen LogP) is 6.07. The molecular weight excluding hydrogens is 470 g/mol. The second-order valence-electron chi connectivity index (χ2n) is 10.8. The van der Waals surface area contributed by atoms with Gasteiger partial charge in [-0.2, -0.15) is 0 Å². The van der Waals surface area contributed by atoms with Crippen LogP contribution in [0.25, 0.3) is 10.9 Å². The monoisotopic (exact) mass is 500 g/mol. The van der Waals surface area contributed by atoms with E-state index in [1.807, 2.05) is 6.07 Å². The van der Waals surface area contributed by atoms with Gasteiger partial charge in [0.05, 0.1) is 18.0 Å². The summed E-state index contributed by atoms with van der Waals surface area (Å²) >= 11 is 3.66. The Labute approximate surface area is 196 Å². The molecule has 31 heavy (non-hydrogen) atoms. The van der Waals surface area contributed by atoms with Crippen LogP contribution in [-0.2, 0) is 21.4 Å². The van der Waals surface area contributed by atoms with Crippen molar-refractivity contribution in [3.05, 3.63) is 34.4 Å². The summed E-state index contributed by atoms with van der Waals surface area (Å²) in [5.41, 5.74) is 2.48. The molecule has 6 rings (SSSR count). The Bertz CT molecular complexity index is 1080. The average molecular weight is 502 g/mol. The van der Waals surface area contributed by atoms with Crippen LogP contribution in [0.15, 0.2) is 28.9 Å². The summed E-state index contributed by atoms with van der Waals surface area (Å²) < 4.78 is 6.43. The number of nitrogens with zero attached hydrogens (tertiary/aromatic N) is 1. The number of aromatic nitrogens is 1. The number of ketones is 1. The number of hydrogen-bond acceptors (Lipinski definition) is 3. The van der Waals surface area contributed by atoms with Gasteiger partial charge in [0.15, 0.2) is 0 Å². The second-order valence-corrected chi connectivity index (χ2v) is 14.0. The third kappa shape index (κ3) is 2.71. The van der Waals surface area contributed by atoms with Gasteiger partial charge in [-0.05, 0) is 88.1 Å². The molecule has 1 unspecified atom stereocenters. The number of methoxy groups -OCH3 is 1. The van der Waals surface area contributed by atoms with Crippen LogP contribution in [0.3, 0.4) is 0 Å². The van der Waals surface area contributed by atoms with Crippen LogP contribution in [0.1, 0.15) is 57.9 Å². The van der Waals surface area contributed by atoms with Crippen molar-refractivity contribution in [1.29, 1.82) is 0 Å². The smallest absolute Gasteiger partial charge is 0.144 e. The molecule has 0 radical (unpaired) electrons. The minimum atomic E-state index is -0.0711. The molecule has 3 nitrogen and oxygen atoms in total. The molecule has 1 aromatic carbocycles. The molecule has 6 atom stereocenters. The summed E-state index contributed by atoms with van der Waals surface area (Å²) in [5.74, 6) is 3.91. The molecule has 0 N–H and O–H groups in total. The summed E-state index contributed by atoms with van der Waals surface area (Å²) in [6, 6.07) is 8.42. The Morgan fingerprint density at radius 2 is 2.06 bits per heavy atom. The maximum atomic E-state index is 13.6. The Balaban J connectivity index is 1.44. The van der Waals surface area contributed by atoms with Gasteiger partial charge < -0.3 is 4.74 Å². The molecule has 164 valence electrons. The van der Waals surface area contributed by atoms with Crippen molar-refractivity contribution >= 4 is 43.5 Å². The van der Waals surface area contributed by atoms with Crippen LogP contribution in [0.2, 0.25) is 0 Å². The molecule has 3 saturated carbocycles. The quantitative estimate of drug-likeness (QED) is 0.377. The van der Waals surface area contributed by atoms with E-state index in [-0.39, 0.29) is 21.7 Å². The largest absolute Gasteiger partial charge is 0.497 e. The molecule has 5 heteroatoms. The van der Waals surface area contributed by atoms with Crippen molar-refractivity contribution in [1.82, 2.24) is 4.98 Å². The Morgan fingerprint density at radius 3 is 2.77 bits per heavy atom. The summed E-state index contributed by atoms with van der Waals surface area (Å²) in [6.07, 6.45) is 7.26. The Kier molecular flexibility index (Phi) is 4.61. The first-order valence-corrected chi connectivity index (χ1v) is 14.0. The van der Waals surface area contributed by atoms with Crippen molar-refractivity contribution in [2.24, 2.45) is 22.7 Å². The zero-order valence-corrected chi connectivity index (χ0v) is 21.0. The lowest BCUT2D eigenvalue weighted by molar-refractivity contribution is -0.130. The standard InChI is InChI=1S/C26H31BrNO2S/c1-25(2)17-8-9-26(25,22(29)12-17)24-15-4-6-19(10-15)31(24)14-16-11-23(27)28-21-7-5-18(30-3)13-20(16)21/h5,7,11,13,15,17,19,24H,4,6,8-10,12,14H2,1-3H3/q+1/t15-,17-,19+,24+,26+,31?/m1/s1. The minimum Gasteiger partial charge on any atom is -0.497 e. The van der Waals surface area contributed by atoms with Gasteiger partial charge in [-0.1, -0.05) is 13.8 Å². The number of hydrogen-bond donors (Lipinski definition) is 0. The van der Waals surface area contributed by atoms with Crippen LogP contribution in [0, 0.1) is 22.7 Å². The molecule has 4 aliphatic rings.